The summed E-state index contributed by atoms with van der Waals surface area (Å²) in [6.45, 7) is 2.01. The van der Waals surface area contributed by atoms with Crippen molar-refractivity contribution in [2.75, 3.05) is 19.0 Å². The van der Waals surface area contributed by atoms with Crippen molar-refractivity contribution in [3.8, 4) is 11.3 Å². The number of nitrogens with one attached hydrogen (secondary N) is 1. The molecule has 0 aliphatic heterocycles. The first-order chi connectivity index (χ1) is 11.1. The number of carbonyl (C=O) groups excluding carboxylic acids is 1. The van der Waals surface area contributed by atoms with Crippen LogP contribution in [0.25, 0.3) is 22.3 Å². The molecule has 0 atom stereocenters. The molecular formula is C18H16FNO3. The minimum Gasteiger partial charge on any atom is -0.462 e. The number of benzene rings is 2. The molecule has 4 nitrogen and oxygen atoms in total. The fourth-order valence-electron chi connectivity index (χ4n) is 2.46. The SMILES string of the molecule is CCOC(=O)c1c(-c2ccc(F)cc2)oc2cc(NC)ccc12. The van der Waals surface area contributed by atoms with E-state index in [2.05, 4.69) is 5.32 Å². The number of hydrogen-bond acceptors (Lipinski definition) is 4. The summed E-state index contributed by atoms with van der Waals surface area (Å²) < 4.78 is 24.2. The fourth-order valence-corrected chi connectivity index (χ4v) is 2.46. The molecule has 118 valence electrons. The molecule has 0 amide bonds. The molecule has 0 unspecified atom stereocenters. The Morgan fingerprint density at radius 2 is 1.96 bits per heavy atom. The second-order valence-corrected chi connectivity index (χ2v) is 4.99. The van der Waals surface area contributed by atoms with Gasteiger partial charge in [0.05, 0.1) is 6.61 Å². The normalized spacial score (nSPS) is 10.7. The van der Waals surface area contributed by atoms with Gasteiger partial charge in [-0.2, -0.15) is 0 Å². The highest BCUT2D eigenvalue weighted by Gasteiger charge is 2.23. The quantitative estimate of drug-likeness (QED) is 0.723. The highest BCUT2D eigenvalue weighted by Crippen LogP contribution is 2.35. The van der Waals surface area contributed by atoms with E-state index in [1.807, 2.05) is 18.2 Å². The van der Waals surface area contributed by atoms with Gasteiger partial charge < -0.3 is 14.5 Å². The van der Waals surface area contributed by atoms with Crippen molar-refractivity contribution >= 4 is 22.6 Å². The number of anilines is 1. The second-order valence-electron chi connectivity index (χ2n) is 4.99. The van der Waals surface area contributed by atoms with Gasteiger partial charge in [-0.15, -0.1) is 0 Å². The van der Waals surface area contributed by atoms with Crippen LogP contribution in [0.5, 0.6) is 0 Å². The number of esters is 1. The number of furan rings is 1. The molecule has 0 fully saturated rings. The fraction of sp³-hybridized carbons (Fsp3) is 0.167. The molecule has 1 aromatic heterocycles. The van der Waals surface area contributed by atoms with Crippen LogP contribution in [-0.4, -0.2) is 19.6 Å². The Bertz CT molecular complexity index is 853. The Balaban J connectivity index is 2.23. The maximum Gasteiger partial charge on any atom is 0.342 e. The molecule has 1 N–H and O–H groups in total. The smallest absolute Gasteiger partial charge is 0.342 e. The van der Waals surface area contributed by atoms with E-state index in [9.17, 15) is 9.18 Å². The molecule has 3 aromatic rings. The maximum atomic E-state index is 13.2. The van der Waals surface area contributed by atoms with Gasteiger partial charge in [0.25, 0.3) is 0 Å². The first-order valence-electron chi connectivity index (χ1n) is 7.31. The third-order valence-electron chi connectivity index (χ3n) is 3.56. The molecule has 0 aliphatic rings. The number of hydrogen-bond donors (Lipinski definition) is 1. The Morgan fingerprint density at radius 3 is 2.61 bits per heavy atom. The lowest BCUT2D eigenvalue weighted by Crippen LogP contribution is -2.05. The van der Waals surface area contributed by atoms with E-state index in [0.717, 1.165) is 5.69 Å². The lowest BCUT2D eigenvalue weighted by Gasteiger charge is -2.03. The monoisotopic (exact) mass is 313 g/mol. The van der Waals surface area contributed by atoms with Crippen LogP contribution >= 0.6 is 0 Å². The predicted octanol–water partition coefficient (Wildman–Crippen LogP) is 4.46. The summed E-state index contributed by atoms with van der Waals surface area (Å²) in [4.78, 5) is 12.4. The van der Waals surface area contributed by atoms with Crippen LogP contribution in [0.3, 0.4) is 0 Å². The lowest BCUT2D eigenvalue weighted by atomic mass is 10.1. The average molecular weight is 313 g/mol. The van der Waals surface area contributed by atoms with Gasteiger partial charge in [0, 0.05) is 29.8 Å². The van der Waals surface area contributed by atoms with Gasteiger partial charge in [-0.25, -0.2) is 9.18 Å². The lowest BCUT2D eigenvalue weighted by molar-refractivity contribution is 0.0529. The van der Waals surface area contributed by atoms with Crippen molar-refractivity contribution in [2.24, 2.45) is 0 Å². The van der Waals surface area contributed by atoms with Crippen LogP contribution in [0.2, 0.25) is 0 Å². The zero-order chi connectivity index (χ0) is 16.4. The largest absolute Gasteiger partial charge is 0.462 e. The minimum atomic E-state index is -0.456. The Morgan fingerprint density at radius 1 is 1.22 bits per heavy atom. The van der Waals surface area contributed by atoms with Crippen LogP contribution in [0.1, 0.15) is 17.3 Å². The van der Waals surface area contributed by atoms with Gasteiger partial charge in [-0.05, 0) is 43.3 Å². The van der Waals surface area contributed by atoms with Crippen LogP contribution < -0.4 is 5.32 Å². The highest BCUT2D eigenvalue weighted by atomic mass is 19.1. The van der Waals surface area contributed by atoms with Crippen molar-refractivity contribution in [3.63, 3.8) is 0 Å². The van der Waals surface area contributed by atoms with E-state index in [1.165, 1.54) is 12.1 Å². The summed E-state index contributed by atoms with van der Waals surface area (Å²) >= 11 is 0. The second kappa shape index (κ2) is 6.12. The van der Waals surface area contributed by atoms with Crippen LogP contribution in [-0.2, 0) is 4.74 Å². The summed E-state index contributed by atoms with van der Waals surface area (Å²) in [5.74, 6) is -0.422. The minimum absolute atomic E-state index is 0.267. The zero-order valence-corrected chi connectivity index (χ0v) is 12.9. The van der Waals surface area contributed by atoms with E-state index in [0.29, 0.717) is 27.9 Å². The summed E-state index contributed by atoms with van der Waals surface area (Å²) in [6, 6.07) is 11.3. The Hall–Kier alpha value is -2.82. The van der Waals surface area contributed by atoms with Gasteiger partial charge in [0.15, 0.2) is 0 Å². The van der Waals surface area contributed by atoms with Crippen LogP contribution in [0.4, 0.5) is 10.1 Å². The summed E-state index contributed by atoms with van der Waals surface area (Å²) in [7, 11) is 1.80. The van der Waals surface area contributed by atoms with E-state index in [4.69, 9.17) is 9.15 Å². The van der Waals surface area contributed by atoms with Crippen molar-refractivity contribution in [3.05, 3.63) is 53.8 Å². The first-order valence-corrected chi connectivity index (χ1v) is 7.31. The summed E-state index contributed by atoms with van der Waals surface area (Å²) in [5.41, 5.74) is 2.42. The van der Waals surface area contributed by atoms with Gasteiger partial charge >= 0.3 is 5.97 Å². The topological polar surface area (TPSA) is 51.5 Å². The molecule has 0 radical (unpaired) electrons. The number of carbonyl (C=O) groups is 1. The number of ether oxygens (including phenoxy) is 1. The van der Waals surface area contributed by atoms with E-state index in [1.54, 1.807) is 26.1 Å². The van der Waals surface area contributed by atoms with Crippen molar-refractivity contribution < 1.29 is 18.3 Å². The number of rotatable bonds is 4. The van der Waals surface area contributed by atoms with E-state index in [-0.39, 0.29) is 12.4 Å². The van der Waals surface area contributed by atoms with Gasteiger partial charge in [0.2, 0.25) is 0 Å². The van der Waals surface area contributed by atoms with Gasteiger partial charge in [-0.3, -0.25) is 0 Å². The summed E-state index contributed by atoms with van der Waals surface area (Å²) in [6.07, 6.45) is 0. The van der Waals surface area contributed by atoms with Crippen molar-refractivity contribution in [1.29, 1.82) is 0 Å². The first kappa shape index (κ1) is 15.1. The standard InChI is InChI=1S/C18H16FNO3/c1-3-22-18(21)16-14-9-8-13(20-2)10-15(14)23-17(16)11-4-6-12(19)7-5-11/h4-10,20H,3H2,1-2H3. The predicted molar refractivity (Wildman–Crippen MR) is 87.1 cm³/mol. The Kier molecular flexibility index (Phi) is 4.02. The molecule has 0 bridgehead atoms. The van der Waals surface area contributed by atoms with Crippen molar-refractivity contribution in [1.82, 2.24) is 0 Å². The molecule has 0 saturated carbocycles. The number of halogens is 1. The summed E-state index contributed by atoms with van der Waals surface area (Å²) in [5, 5.41) is 3.69. The molecule has 1 heterocycles. The van der Waals surface area contributed by atoms with Crippen LogP contribution in [0.15, 0.2) is 46.9 Å². The molecule has 23 heavy (non-hydrogen) atoms. The molecule has 0 spiro atoms. The molecular weight excluding hydrogens is 297 g/mol. The maximum absolute atomic E-state index is 13.2. The van der Waals surface area contributed by atoms with Crippen molar-refractivity contribution in [2.45, 2.75) is 6.92 Å². The third-order valence-corrected chi connectivity index (χ3v) is 3.56. The van der Waals surface area contributed by atoms with Crippen LogP contribution in [0, 0.1) is 5.82 Å². The molecule has 5 heteroatoms. The molecule has 0 saturated heterocycles. The highest BCUT2D eigenvalue weighted by molar-refractivity contribution is 6.09. The third kappa shape index (κ3) is 2.77. The zero-order valence-electron chi connectivity index (χ0n) is 12.9. The Labute approximate surface area is 132 Å². The van der Waals surface area contributed by atoms with Gasteiger partial charge in [0.1, 0.15) is 22.7 Å². The average Bonchev–Trinajstić information content (AvgIpc) is 2.94. The van der Waals surface area contributed by atoms with Gasteiger partial charge in [-0.1, -0.05) is 0 Å². The molecule has 2 aromatic carbocycles. The van der Waals surface area contributed by atoms with E-state index >= 15 is 0 Å². The van der Waals surface area contributed by atoms with E-state index < -0.39 is 5.97 Å². The number of fused-ring (bicyclic) bond motifs is 1. The molecule has 3 rings (SSSR count). The molecule has 0 aliphatic carbocycles.